The first-order valence-electron chi connectivity index (χ1n) is 5.94. The van der Waals surface area contributed by atoms with Gasteiger partial charge in [0, 0.05) is 25.4 Å². The molecule has 0 bridgehead atoms. The van der Waals surface area contributed by atoms with Gasteiger partial charge in [0.15, 0.2) is 0 Å². The van der Waals surface area contributed by atoms with Crippen molar-refractivity contribution in [3.8, 4) is 0 Å². The van der Waals surface area contributed by atoms with Gasteiger partial charge in [-0.25, -0.2) is 9.78 Å². The van der Waals surface area contributed by atoms with Crippen molar-refractivity contribution in [2.24, 2.45) is 0 Å². The molecule has 1 aromatic carbocycles. The van der Waals surface area contributed by atoms with Crippen LogP contribution >= 0.6 is 0 Å². The number of carbonyl (C=O) groups is 1. The zero-order valence-electron chi connectivity index (χ0n) is 10.6. The van der Waals surface area contributed by atoms with E-state index in [1.807, 2.05) is 36.7 Å². The van der Waals surface area contributed by atoms with Crippen molar-refractivity contribution in [2.45, 2.75) is 26.8 Å². The minimum atomic E-state index is -0.889. The lowest BCUT2D eigenvalue weighted by atomic mass is 10.0. The molecule has 0 spiro atoms. The molecule has 2 aromatic rings. The van der Waals surface area contributed by atoms with Crippen molar-refractivity contribution in [3.63, 3.8) is 0 Å². The van der Waals surface area contributed by atoms with Crippen LogP contribution < -0.4 is 0 Å². The molecular weight excluding hydrogens is 228 g/mol. The minimum absolute atomic E-state index is 0.353. The Hall–Kier alpha value is -2.10. The van der Waals surface area contributed by atoms with E-state index in [1.165, 1.54) is 0 Å². The van der Waals surface area contributed by atoms with Crippen LogP contribution in [0.1, 0.15) is 34.2 Å². The molecule has 0 saturated carbocycles. The van der Waals surface area contributed by atoms with E-state index in [4.69, 9.17) is 0 Å². The van der Waals surface area contributed by atoms with Crippen molar-refractivity contribution in [1.82, 2.24) is 9.55 Å². The van der Waals surface area contributed by atoms with E-state index in [1.54, 1.807) is 12.3 Å². The van der Waals surface area contributed by atoms with E-state index in [0.29, 0.717) is 12.0 Å². The van der Waals surface area contributed by atoms with Crippen molar-refractivity contribution < 1.29 is 9.90 Å². The predicted molar refractivity (Wildman–Crippen MR) is 68.8 cm³/mol. The summed E-state index contributed by atoms with van der Waals surface area (Å²) in [5.74, 6) is 0.00482. The highest BCUT2D eigenvalue weighted by molar-refractivity contribution is 5.89. The Morgan fingerprint density at radius 1 is 1.44 bits per heavy atom. The molecule has 0 fully saturated rings. The standard InChI is InChI=1S/C14H16N2O2/c1-3-16-7-6-15-13(16)9-11-8-10(2)4-5-12(11)14(17)18/h4-8H,3,9H2,1-2H3,(H,17,18). The summed E-state index contributed by atoms with van der Waals surface area (Å²) in [6.07, 6.45) is 4.20. The first-order valence-corrected chi connectivity index (χ1v) is 5.94. The first-order chi connectivity index (χ1) is 8.61. The summed E-state index contributed by atoms with van der Waals surface area (Å²) in [5.41, 5.74) is 2.22. The maximum absolute atomic E-state index is 11.2. The van der Waals surface area contributed by atoms with Crippen LogP contribution in [0.2, 0.25) is 0 Å². The Morgan fingerprint density at radius 3 is 2.89 bits per heavy atom. The highest BCUT2D eigenvalue weighted by Crippen LogP contribution is 2.16. The van der Waals surface area contributed by atoms with Gasteiger partial charge in [0.1, 0.15) is 5.82 Å². The monoisotopic (exact) mass is 244 g/mol. The average Bonchev–Trinajstić information content (AvgIpc) is 2.76. The number of carboxylic acids is 1. The summed E-state index contributed by atoms with van der Waals surface area (Å²) in [6.45, 7) is 4.84. The molecule has 0 aliphatic rings. The molecular formula is C14H16N2O2. The van der Waals surface area contributed by atoms with Gasteiger partial charge in [-0.05, 0) is 25.5 Å². The van der Waals surface area contributed by atoms with Gasteiger partial charge in [0.2, 0.25) is 0 Å². The molecule has 0 aliphatic carbocycles. The molecule has 0 amide bonds. The molecule has 1 heterocycles. The average molecular weight is 244 g/mol. The molecule has 0 unspecified atom stereocenters. The van der Waals surface area contributed by atoms with Crippen molar-refractivity contribution in [2.75, 3.05) is 0 Å². The lowest BCUT2D eigenvalue weighted by molar-refractivity contribution is 0.0696. The SMILES string of the molecule is CCn1ccnc1Cc1cc(C)ccc1C(=O)O. The third-order valence-corrected chi connectivity index (χ3v) is 2.98. The Morgan fingerprint density at radius 2 is 2.22 bits per heavy atom. The Labute approximate surface area is 106 Å². The zero-order valence-corrected chi connectivity index (χ0v) is 10.6. The molecule has 4 heteroatoms. The number of nitrogens with zero attached hydrogens (tertiary/aromatic N) is 2. The molecule has 1 aromatic heterocycles. The number of hydrogen-bond acceptors (Lipinski definition) is 2. The topological polar surface area (TPSA) is 55.1 Å². The molecule has 1 N–H and O–H groups in total. The van der Waals surface area contributed by atoms with Crippen LogP contribution in [0.5, 0.6) is 0 Å². The van der Waals surface area contributed by atoms with Crippen LogP contribution in [-0.4, -0.2) is 20.6 Å². The zero-order chi connectivity index (χ0) is 13.1. The smallest absolute Gasteiger partial charge is 0.335 e. The number of rotatable bonds is 4. The summed E-state index contributed by atoms with van der Waals surface area (Å²) >= 11 is 0. The van der Waals surface area contributed by atoms with Gasteiger partial charge in [-0.2, -0.15) is 0 Å². The van der Waals surface area contributed by atoms with Gasteiger partial charge in [-0.1, -0.05) is 17.7 Å². The van der Waals surface area contributed by atoms with Crippen molar-refractivity contribution in [1.29, 1.82) is 0 Å². The summed E-state index contributed by atoms with van der Waals surface area (Å²) in [4.78, 5) is 15.5. The molecule has 94 valence electrons. The number of carboxylic acid groups (broad SMARTS) is 1. The number of aromatic nitrogens is 2. The van der Waals surface area contributed by atoms with E-state index in [9.17, 15) is 9.90 Å². The van der Waals surface area contributed by atoms with Crippen LogP contribution in [0.25, 0.3) is 0 Å². The lowest BCUT2D eigenvalue weighted by Gasteiger charge is -2.08. The molecule has 0 aliphatic heterocycles. The molecule has 0 atom stereocenters. The van der Waals surface area contributed by atoms with E-state index in [0.717, 1.165) is 23.5 Å². The third-order valence-electron chi connectivity index (χ3n) is 2.98. The number of aryl methyl sites for hydroxylation is 2. The lowest BCUT2D eigenvalue weighted by Crippen LogP contribution is -2.07. The van der Waals surface area contributed by atoms with Crippen LogP contribution in [0.3, 0.4) is 0 Å². The van der Waals surface area contributed by atoms with Gasteiger partial charge >= 0.3 is 5.97 Å². The fourth-order valence-electron chi connectivity index (χ4n) is 2.04. The third kappa shape index (κ3) is 2.42. The molecule has 2 rings (SSSR count). The largest absolute Gasteiger partial charge is 0.478 e. The van der Waals surface area contributed by atoms with Gasteiger partial charge in [-0.15, -0.1) is 0 Å². The molecule has 0 radical (unpaired) electrons. The second-order valence-corrected chi connectivity index (χ2v) is 4.27. The number of aromatic carboxylic acids is 1. The fraction of sp³-hybridized carbons (Fsp3) is 0.286. The summed E-state index contributed by atoms with van der Waals surface area (Å²) in [6, 6.07) is 5.39. The summed E-state index contributed by atoms with van der Waals surface area (Å²) < 4.78 is 2.02. The van der Waals surface area contributed by atoms with Crippen LogP contribution in [0, 0.1) is 6.92 Å². The Balaban J connectivity index is 2.39. The predicted octanol–water partition coefficient (Wildman–Crippen LogP) is 2.50. The molecule has 0 saturated heterocycles. The number of imidazole rings is 1. The van der Waals surface area contributed by atoms with Crippen molar-refractivity contribution in [3.05, 3.63) is 53.1 Å². The maximum atomic E-state index is 11.2. The number of benzene rings is 1. The Bertz CT molecular complexity index is 573. The maximum Gasteiger partial charge on any atom is 0.335 e. The highest BCUT2D eigenvalue weighted by Gasteiger charge is 2.12. The van der Waals surface area contributed by atoms with Crippen LogP contribution in [0.15, 0.2) is 30.6 Å². The second kappa shape index (κ2) is 5.04. The van der Waals surface area contributed by atoms with Gasteiger partial charge < -0.3 is 9.67 Å². The van der Waals surface area contributed by atoms with E-state index in [2.05, 4.69) is 4.98 Å². The van der Waals surface area contributed by atoms with Gasteiger partial charge in [0.25, 0.3) is 0 Å². The van der Waals surface area contributed by atoms with Crippen LogP contribution in [-0.2, 0) is 13.0 Å². The minimum Gasteiger partial charge on any atom is -0.478 e. The summed E-state index contributed by atoms with van der Waals surface area (Å²) in [5, 5.41) is 9.18. The number of hydrogen-bond donors (Lipinski definition) is 1. The second-order valence-electron chi connectivity index (χ2n) is 4.27. The van der Waals surface area contributed by atoms with Crippen LogP contribution in [0.4, 0.5) is 0 Å². The van der Waals surface area contributed by atoms with Crippen molar-refractivity contribution >= 4 is 5.97 Å². The highest BCUT2D eigenvalue weighted by atomic mass is 16.4. The van der Waals surface area contributed by atoms with Gasteiger partial charge in [0.05, 0.1) is 5.56 Å². The summed E-state index contributed by atoms with van der Waals surface area (Å²) in [7, 11) is 0. The van der Waals surface area contributed by atoms with E-state index >= 15 is 0 Å². The fourth-order valence-corrected chi connectivity index (χ4v) is 2.04. The van der Waals surface area contributed by atoms with Gasteiger partial charge in [-0.3, -0.25) is 0 Å². The van der Waals surface area contributed by atoms with E-state index < -0.39 is 5.97 Å². The molecule has 18 heavy (non-hydrogen) atoms. The van der Waals surface area contributed by atoms with E-state index in [-0.39, 0.29) is 0 Å². The quantitative estimate of drug-likeness (QED) is 0.899. The molecule has 4 nitrogen and oxygen atoms in total. The first kappa shape index (κ1) is 12.4. The normalized spacial score (nSPS) is 10.6. The Kier molecular flexibility index (Phi) is 3.46.